The lowest BCUT2D eigenvalue weighted by molar-refractivity contribution is -0.0283. The van der Waals surface area contributed by atoms with Crippen LogP contribution >= 0.6 is 35.0 Å². The number of amidine groups is 1. The van der Waals surface area contributed by atoms with Gasteiger partial charge in [-0.2, -0.15) is 5.10 Å². The second-order valence-electron chi connectivity index (χ2n) is 10.4. The Morgan fingerprint density at radius 2 is 1.60 bits per heavy atom. The van der Waals surface area contributed by atoms with E-state index in [2.05, 4.69) is 45.3 Å². The van der Waals surface area contributed by atoms with Crippen LogP contribution in [0.25, 0.3) is 16.7 Å². The second kappa shape index (κ2) is 10.4. The van der Waals surface area contributed by atoms with E-state index >= 15 is 0 Å². The summed E-state index contributed by atoms with van der Waals surface area (Å²) in [5.41, 5.74) is 3.73. The van der Waals surface area contributed by atoms with Gasteiger partial charge < -0.3 is 4.84 Å². The predicted octanol–water partition coefficient (Wildman–Crippen LogP) is 8.41. The van der Waals surface area contributed by atoms with E-state index in [0.717, 1.165) is 44.0 Å². The van der Waals surface area contributed by atoms with Crippen molar-refractivity contribution in [3.63, 3.8) is 0 Å². The van der Waals surface area contributed by atoms with Crippen molar-refractivity contribution in [2.45, 2.75) is 22.3 Å². The first-order chi connectivity index (χ1) is 21.1. The Labute approximate surface area is 261 Å². The Morgan fingerprint density at radius 1 is 0.860 bits per heavy atom. The number of anilines is 1. The van der Waals surface area contributed by atoms with Gasteiger partial charge in [0, 0.05) is 48.7 Å². The summed E-state index contributed by atoms with van der Waals surface area (Å²) >= 11 is 14.4. The molecule has 0 saturated carbocycles. The first-order valence-electron chi connectivity index (χ1n) is 13.7. The Morgan fingerprint density at radius 3 is 2.40 bits per heavy atom. The van der Waals surface area contributed by atoms with Crippen LogP contribution in [0.15, 0.2) is 126 Å². The third-order valence-corrected chi connectivity index (χ3v) is 9.61. The van der Waals surface area contributed by atoms with Crippen LogP contribution in [0.5, 0.6) is 0 Å². The zero-order valence-electron chi connectivity index (χ0n) is 22.5. The van der Waals surface area contributed by atoms with Crippen molar-refractivity contribution in [1.82, 2.24) is 19.7 Å². The lowest BCUT2D eigenvalue weighted by Crippen LogP contribution is -2.47. The molecule has 6 aromatic rings. The average Bonchev–Trinajstić information content (AvgIpc) is 3.68. The fourth-order valence-electron chi connectivity index (χ4n) is 5.82. The SMILES string of the molecule is Clc1ccc(C2=NOC3(c4ccc(Cl)cc4)CC(c4cc5ccccc5nc4-n4cncn4)Sc4ccccc4N23)cc1. The number of benzene rings is 4. The van der Waals surface area contributed by atoms with E-state index in [4.69, 9.17) is 38.2 Å². The molecule has 0 fully saturated rings. The van der Waals surface area contributed by atoms with Gasteiger partial charge in [0.2, 0.25) is 5.72 Å². The van der Waals surface area contributed by atoms with Crippen molar-refractivity contribution in [2.24, 2.45) is 5.16 Å². The molecule has 0 radical (unpaired) electrons. The molecule has 4 heterocycles. The molecule has 2 aliphatic heterocycles. The smallest absolute Gasteiger partial charge is 0.242 e. The number of halogens is 2. The predicted molar refractivity (Wildman–Crippen MR) is 171 cm³/mol. The average molecular weight is 622 g/mol. The second-order valence-corrected chi connectivity index (χ2v) is 12.5. The summed E-state index contributed by atoms with van der Waals surface area (Å²) in [6.45, 7) is 0. The first-order valence-corrected chi connectivity index (χ1v) is 15.3. The van der Waals surface area contributed by atoms with Gasteiger partial charge >= 0.3 is 0 Å². The van der Waals surface area contributed by atoms with Crippen molar-refractivity contribution in [1.29, 1.82) is 0 Å². The minimum atomic E-state index is -0.991. The molecule has 0 saturated heterocycles. The molecule has 10 heteroatoms. The molecule has 2 atom stereocenters. The number of pyridine rings is 1. The largest absolute Gasteiger partial charge is 0.360 e. The third kappa shape index (κ3) is 4.45. The minimum absolute atomic E-state index is 0.113. The van der Waals surface area contributed by atoms with Crippen LogP contribution in [0.3, 0.4) is 0 Å². The molecule has 2 aliphatic rings. The van der Waals surface area contributed by atoms with E-state index < -0.39 is 5.72 Å². The van der Waals surface area contributed by atoms with Crippen molar-refractivity contribution >= 4 is 57.4 Å². The van der Waals surface area contributed by atoms with Crippen LogP contribution in [0.2, 0.25) is 10.0 Å². The quantitative estimate of drug-likeness (QED) is 0.197. The molecule has 8 rings (SSSR count). The monoisotopic (exact) mass is 620 g/mol. The summed E-state index contributed by atoms with van der Waals surface area (Å²) < 4.78 is 1.73. The van der Waals surface area contributed by atoms with Gasteiger partial charge in [0.05, 0.1) is 11.2 Å². The molecule has 2 unspecified atom stereocenters. The fourth-order valence-corrected chi connectivity index (χ4v) is 7.43. The summed E-state index contributed by atoms with van der Waals surface area (Å²) in [7, 11) is 0. The standard InChI is InChI=1S/C33H22Cl2N6OS/c34-24-13-9-21(10-14-24)31-39-42-33(23-11-15-25(35)16-12-23)18-30(43-29-8-4-3-7-28(29)41(31)33)26-17-22-5-1-2-6-27(22)38-32(26)40-20-36-19-37-40/h1-17,19-20,30H,18H2. The number of thioether (sulfide) groups is 1. The molecule has 210 valence electrons. The van der Waals surface area contributed by atoms with Gasteiger partial charge in [0.25, 0.3) is 0 Å². The van der Waals surface area contributed by atoms with E-state index in [1.54, 1.807) is 22.8 Å². The highest BCUT2D eigenvalue weighted by molar-refractivity contribution is 7.99. The maximum Gasteiger partial charge on any atom is 0.242 e. The molecular weight excluding hydrogens is 599 g/mol. The van der Waals surface area contributed by atoms with Crippen molar-refractivity contribution in [3.05, 3.63) is 143 Å². The van der Waals surface area contributed by atoms with Gasteiger partial charge in [-0.3, -0.25) is 4.90 Å². The van der Waals surface area contributed by atoms with Gasteiger partial charge in [0.1, 0.15) is 12.7 Å². The summed E-state index contributed by atoms with van der Waals surface area (Å²) in [5.74, 6) is 1.43. The Kier molecular flexibility index (Phi) is 6.36. The van der Waals surface area contributed by atoms with Crippen LogP contribution in [0, 0.1) is 0 Å². The zero-order valence-corrected chi connectivity index (χ0v) is 24.8. The molecule has 2 aromatic heterocycles. The Bertz CT molecular complexity index is 2000. The molecule has 0 spiro atoms. The highest BCUT2D eigenvalue weighted by Crippen LogP contribution is 2.57. The van der Waals surface area contributed by atoms with Crippen molar-refractivity contribution in [2.75, 3.05) is 4.90 Å². The summed E-state index contributed by atoms with van der Waals surface area (Å²) in [4.78, 5) is 19.2. The van der Waals surface area contributed by atoms with E-state index in [9.17, 15) is 0 Å². The number of rotatable bonds is 4. The maximum absolute atomic E-state index is 6.64. The zero-order chi connectivity index (χ0) is 29.0. The van der Waals surface area contributed by atoms with Gasteiger partial charge in [-0.15, -0.1) is 11.8 Å². The van der Waals surface area contributed by atoms with Crippen LogP contribution in [0.1, 0.15) is 28.4 Å². The fraction of sp³-hybridized carbons (Fsp3) is 0.0909. The van der Waals surface area contributed by atoms with Crippen molar-refractivity contribution < 1.29 is 4.84 Å². The molecule has 4 aromatic carbocycles. The van der Waals surface area contributed by atoms with Gasteiger partial charge in [-0.1, -0.05) is 70.8 Å². The van der Waals surface area contributed by atoms with Crippen molar-refractivity contribution in [3.8, 4) is 5.82 Å². The van der Waals surface area contributed by atoms with E-state index in [0.29, 0.717) is 22.3 Å². The number of oxime groups is 1. The van der Waals surface area contributed by atoms with E-state index in [1.165, 1.54) is 6.33 Å². The molecule has 7 nitrogen and oxygen atoms in total. The number of fused-ring (bicyclic) bond motifs is 4. The number of hydrogen-bond donors (Lipinski definition) is 0. The maximum atomic E-state index is 6.64. The van der Waals surface area contributed by atoms with E-state index in [1.807, 2.05) is 72.8 Å². The summed E-state index contributed by atoms with van der Waals surface area (Å²) in [6.07, 6.45) is 3.75. The number of hydrogen-bond acceptors (Lipinski definition) is 7. The lowest BCUT2D eigenvalue weighted by atomic mass is 9.91. The topological polar surface area (TPSA) is 68.4 Å². The number of para-hydroxylation sites is 2. The molecule has 0 aliphatic carbocycles. The Hall–Kier alpha value is -4.37. The van der Waals surface area contributed by atoms with Crippen LogP contribution < -0.4 is 4.90 Å². The number of nitrogens with zero attached hydrogens (tertiary/aromatic N) is 6. The van der Waals surface area contributed by atoms with Crippen LogP contribution in [-0.4, -0.2) is 25.6 Å². The molecular formula is C33H22Cl2N6OS. The van der Waals surface area contributed by atoms with Gasteiger partial charge in [0.15, 0.2) is 11.7 Å². The lowest BCUT2D eigenvalue weighted by Gasteiger charge is -2.38. The van der Waals surface area contributed by atoms with Gasteiger partial charge in [-0.25, -0.2) is 14.6 Å². The summed E-state index contributed by atoms with van der Waals surface area (Å²) in [6, 6.07) is 34.2. The molecule has 0 N–H and O–H groups in total. The normalized spacial score (nSPS) is 19.3. The molecule has 43 heavy (non-hydrogen) atoms. The highest BCUT2D eigenvalue weighted by atomic mass is 35.5. The minimum Gasteiger partial charge on any atom is -0.360 e. The van der Waals surface area contributed by atoms with E-state index in [-0.39, 0.29) is 5.25 Å². The van der Waals surface area contributed by atoms with Crippen LogP contribution in [0.4, 0.5) is 5.69 Å². The number of aromatic nitrogens is 4. The first kappa shape index (κ1) is 26.3. The van der Waals surface area contributed by atoms with Gasteiger partial charge in [-0.05, 0) is 60.7 Å². The highest BCUT2D eigenvalue weighted by Gasteiger charge is 2.53. The Balaban J connectivity index is 1.37. The summed E-state index contributed by atoms with van der Waals surface area (Å²) in [5, 5.41) is 11.5. The third-order valence-electron chi connectivity index (χ3n) is 7.81. The van der Waals surface area contributed by atoms with Crippen LogP contribution in [-0.2, 0) is 10.6 Å². The molecule has 0 bridgehead atoms. The molecule has 0 amide bonds.